The quantitative estimate of drug-likeness (QED) is 0.487. The molecule has 2 aromatic rings. The van der Waals surface area contributed by atoms with Gasteiger partial charge in [0.05, 0.1) is 22.9 Å². The number of hydrogen-bond donors (Lipinski definition) is 0. The van der Waals surface area contributed by atoms with Crippen LogP contribution in [0, 0.1) is 0 Å². The summed E-state index contributed by atoms with van der Waals surface area (Å²) in [5, 5.41) is 0. The number of nitrogens with zero attached hydrogens (tertiary/aromatic N) is 2. The number of fused-ring (bicyclic) bond motifs is 4. The Labute approximate surface area is 211 Å². The van der Waals surface area contributed by atoms with Crippen LogP contribution in [0.5, 0.6) is 0 Å². The van der Waals surface area contributed by atoms with Crippen LogP contribution in [0.2, 0.25) is 0 Å². The van der Waals surface area contributed by atoms with E-state index in [2.05, 4.69) is 0 Å². The highest BCUT2D eigenvalue weighted by molar-refractivity contribution is 7.90. The van der Waals surface area contributed by atoms with Gasteiger partial charge in [-0.1, -0.05) is 30.3 Å². The molecule has 0 atom stereocenters. The second-order valence-electron chi connectivity index (χ2n) is 10.3. The minimum Gasteiger partial charge on any atom is -0.443 e. The number of sulfonamides is 2. The lowest BCUT2D eigenvalue weighted by atomic mass is 10.1. The molecule has 12 heteroatoms. The Balaban J connectivity index is 2.24. The molecule has 2 aromatic carbocycles. The van der Waals surface area contributed by atoms with Crippen molar-refractivity contribution in [3.8, 4) is 0 Å². The Morgan fingerprint density at radius 3 is 1.39 bits per heavy atom. The normalized spacial score (nSPS) is 17.4. The third-order valence-electron chi connectivity index (χ3n) is 4.82. The molecule has 0 spiro atoms. The van der Waals surface area contributed by atoms with Gasteiger partial charge < -0.3 is 9.47 Å². The number of benzene rings is 2. The minimum absolute atomic E-state index is 0.367. The first-order valence-corrected chi connectivity index (χ1v) is 14.0. The first-order chi connectivity index (χ1) is 16.4. The largest absolute Gasteiger partial charge is 0.443 e. The number of ether oxygens (including phenoxy) is 2. The molecular weight excluding hydrogens is 508 g/mol. The van der Waals surface area contributed by atoms with Crippen molar-refractivity contribution >= 4 is 32.2 Å². The maximum atomic E-state index is 13.6. The van der Waals surface area contributed by atoms with E-state index in [1.165, 1.54) is 24.3 Å². The minimum atomic E-state index is -4.55. The van der Waals surface area contributed by atoms with Crippen molar-refractivity contribution < 1.29 is 35.9 Å². The molecule has 0 saturated heterocycles. The lowest BCUT2D eigenvalue weighted by molar-refractivity contribution is 0.0371. The average Bonchev–Trinajstić information content (AvgIpc) is 2.73. The monoisotopic (exact) mass is 538 g/mol. The summed E-state index contributed by atoms with van der Waals surface area (Å²) in [5.41, 5.74) is -1.17. The summed E-state index contributed by atoms with van der Waals surface area (Å²) in [6, 6.07) is 10.8. The van der Waals surface area contributed by atoms with E-state index in [0.717, 1.165) is 6.07 Å². The van der Waals surface area contributed by atoms with Crippen LogP contribution in [0.3, 0.4) is 0 Å². The summed E-state index contributed by atoms with van der Waals surface area (Å²) < 4.78 is 66.1. The van der Waals surface area contributed by atoms with E-state index < -0.39 is 53.2 Å². The molecule has 0 unspecified atom stereocenters. The molecule has 196 valence electrons. The molecular formula is C24H30N2O8S2. The highest BCUT2D eigenvalue weighted by atomic mass is 32.2. The van der Waals surface area contributed by atoms with Gasteiger partial charge in [0.15, 0.2) is 0 Å². The maximum absolute atomic E-state index is 13.6. The molecule has 0 saturated carbocycles. The molecule has 10 nitrogen and oxygen atoms in total. The lowest BCUT2D eigenvalue weighted by Crippen LogP contribution is -2.41. The van der Waals surface area contributed by atoms with Crippen LogP contribution < -0.4 is 0 Å². The van der Waals surface area contributed by atoms with Gasteiger partial charge in [0.2, 0.25) is 0 Å². The van der Waals surface area contributed by atoms with Crippen molar-refractivity contribution in [1.82, 2.24) is 8.61 Å². The van der Waals surface area contributed by atoms with Crippen molar-refractivity contribution in [3.05, 3.63) is 59.7 Å². The Bertz CT molecular complexity index is 1290. The Morgan fingerprint density at radius 1 is 0.667 bits per heavy atom. The predicted octanol–water partition coefficient (Wildman–Crippen LogP) is 4.25. The first kappa shape index (κ1) is 27.5. The van der Waals surface area contributed by atoms with Gasteiger partial charge in [0, 0.05) is 0 Å². The molecule has 1 heterocycles. The van der Waals surface area contributed by atoms with Crippen LogP contribution >= 0.6 is 0 Å². The molecule has 3 rings (SSSR count). The van der Waals surface area contributed by atoms with E-state index in [-0.39, 0.29) is 13.1 Å². The summed E-state index contributed by atoms with van der Waals surface area (Å²) in [7, 11) is -9.10. The van der Waals surface area contributed by atoms with Crippen molar-refractivity contribution in [2.45, 2.75) is 75.6 Å². The van der Waals surface area contributed by atoms with Gasteiger partial charge in [-0.2, -0.15) is 8.61 Å². The van der Waals surface area contributed by atoms with E-state index in [4.69, 9.17) is 9.47 Å². The van der Waals surface area contributed by atoms with Crippen LogP contribution in [-0.2, 0) is 42.6 Å². The Morgan fingerprint density at radius 2 is 1.03 bits per heavy atom. The second-order valence-corrected chi connectivity index (χ2v) is 14.0. The standard InChI is InChI=1S/C24H30N2O8S2/c1-23(2,3)33-21(27)25-15-17-9-7-10-18(13-17)16-26(22(28)34-24(4,5)6)36(31,32)20-12-8-11-19(14-20)35(25,29)30/h7-14H,15-16H2,1-6H3. The van der Waals surface area contributed by atoms with Gasteiger partial charge in [-0.05, 0) is 70.9 Å². The first-order valence-electron chi connectivity index (χ1n) is 11.1. The number of amides is 2. The fourth-order valence-electron chi connectivity index (χ4n) is 3.33. The third kappa shape index (κ3) is 6.16. The SMILES string of the molecule is CC(C)(C)OC(=O)N1Cc2cccc(c2)CN(C(=O)OC(C)(C)C)S(=O)(=O)c2cccc(c2)S1(=O)=O. The topological polar surface area (TPSA) is 127 Å². The van der Waals surface area contributed by atoms with Crippen molar-refractivity contribution in [1.29, 1.82) is 0 Å². The van der Waals surface area contributed by atoms with Crippen LogP contribution in [-0.4, -0.2) is 48.8 Å². The summed E-state index contributed by atoms with van der Waals surface area (Å²) in [5.74, 6) is 0. The van der Waals surface area contributed by atoms with Crippen LogP contribution in [0.25, 0.3) is 0 Å². The lowest BCUT2D eigenvalue weighted by Gasteiger charge is -2.29. The van der Waals surface area contributed by atoms with Crippen molar-refractivity contribution in [3.63, 3.8) is 0 Å². The van der Waals surface area contributed by atoms with Crippen LogP contribution in [0.4, 0.5) is 9.59 Å². The van der Waals surface area contributed by atoms with Crippen LogP contribution in [0.15, 0.2) is 58.3 Å². The van der Waals surface area contributed by atoms with Crippen molar-refractivity contribution in [2.24, 2.45) is 0 Å². The van der Waals surface area contributed by atoms with E-state index in [1.54, 1.807) is 59.7 Å². The Kier molecular flexibility index (Phi) is 7.17. The zero-order valence-electron chi connectivity index (χ0n) is 21.0. The summed E-state index contributed by atoms with van der Waals surface area (Å²) in [4.78, 5) is 25.1. The summed E-state index contributed by atoms with van der Waals surface area (Å²) >= 11 is 0. The fraction of sp³-hybridized carbons (Fsp3) is 0.417. The molecule has 1 aliphatic heterocycles. The maximum Gasteiger partial charge on any atom is 0.424 e. The summed E-state index contributed by atoms with van der Waals surface area (Å²) in [6.07, 6.45) is -2.21. The zero-order valence-corrected chi connectivity index (χ0v) is 22.6. The van der Waals surface area contributed by atoms with E-state index in [1.807, 2.05) is 0 Å². The van der Waals surface area contributed by atoms with Gasteiger partial charge in [0.25, 0.3) is 20.0 Å². The molecule has 0 N–H and O–H groups in total. The smallest absolute Gasteiger partial charge is 0.424 e. The number of hydrogen-bond acceptors (Lipinski definition) is 8. The molecule has 36 heavy (non-hydrogen) atoms. The molecule has 2 amide bonds. The van der Waals surface area contributed by atoms with Gasteiger partial charge >= 0.3 is 12.2 Å². The Hall–Kier alpha value is -3.12. The highest BCUT2D eigenvalue weighted by Gasteiger charge is 2.37. The molecule has 0 radical (unpaired) electrons. The molecule has 0 aromatic heterocycles. The number of carbonyl (C=O) groups excluding carboxylic acids is 2. The second kappa shape index (κ2) is 9.40. The predicted molar refractivity (Wildman–Crippen MR) is 131 cm³/mol. The number of carbonyl (C=O) groups is 2. The third-order valence-corrected chi connectivity index (χ3v) is 8.24. The fourth-order valence-corrected chi connectivity index (χ4v) is 6.07. The molecule has 4 bridgehead atoms. The highest BCUT2D eigenvalue weighted by Crippen LogP contribution is 2.28. The van der Waals surface area contributed by atoms with Crippen LogP contribution in [0.1, 0.15) is 52.7 Å². The number of rotatable bonds is 0. The van der Waals surface area contributed by atoms with Gasteiger partial charge in [-0.15, -0.1) is 0 Å². The summed E-state index contributed by atoms with van der Waals surface area (Å²) in [6.45, 7) is 8.89. The van der Waals surface area contributed by atoms with E-state index in [0.29, 0.717) is 19.7 Å². The molecule has 1 aliphatic rings. The molecule has 0 aliphatic carbocycles. The van der Waals surface area contributed by atoms with Gasteiger partial charge in [-0.3, -0.25) is 0 Å². The van der Waals surface area contributed by atoms with Crippen molar-refractivity contribution in [2.75, 3.05) is 0 Å². The zero-order chi connectivity index (χ0) is 27.1. The van der Waals surface area contributed by atoms with E-state index in [9.17, 15) is 26.4 Å². The average molecular weight is 539 g/mol. The molecule has 0 fully saturated rings. The van der Waals surface area contributed by atoms with Gasteiger partial charge in [-0.25, -0.2) is 26.4 Å². The van der Waals surface area contributed by atoms with Gasteiger partial charge in [0.1, 0.15) is 11.2 Å². The van der Waals surface area contributed by atoms with E-state index >= 15 is 0 Å².